The van der Waals surface area contributed by atoms with Crippen LogP contribution in [-0.2, 0) is 10.0 Å². The fraction of sp³-hybridized carbons (Fsp3) is 0.714. The van der Waals surface area contributed by atoms with E-state index >= 15 is 0 Å². The molecule has 1 fully saturated rings. The number of rotatable bonds is 3. The van der Waals surface area contributed by atoms with E-state index in [-0.39, 0.29) is 0 Å². The Bertz CT molecular complexity index is 275. The number of hydrogen-bond donors (Lipinski definition) is 1. The highest BCUT2D eigenvalue weighted by molar-refractivity contribution is 7.90. The van der Waals surface area contributed by atoms with Crippen molar-refractivity contribution in [3.05, 3.63) is 12.2 Å². The van der Waals surface area contributed by atoms with Gasteiger partial charge in [0.05, 0.1) is 4.75 Å². The van der Waals surface area contributed by atoms with Crippen LogP contribution in [0.3, 0.4) is 0 Å². The minimum absolute atomic E-state index is 0.520. The van der Waals surface area contributed by atoms with Gasteiger partial charge in [0.15, 0.2) is 0 Å². The third-order valence-corrected chi connectivity index (χ3v) is 3.79. The maximum Gasteiger partial charge on any atom is 0.215 e. The minimum atomic E-state index is -3.35. The second-order valence-electron chi connectivity index (χ2n) is 3.36. The van der Waals surface area contributed by atoms with Gasteiger partial charge in [-0.1, -0.05) is 5.57 Å². The van der Waals surface area contributed by atoms with Crippen LogP contribution in [0.2, 0.25) is 0 Å². The average Bonchev–Trinajstić information content (AvgIpc) is 2.42. The Balaban J connectivity index is 2.78. The second-order valence-corrected chi connectivity index (χ2v) is 5.32. The quantitative estimate of drug-likeness (QED) is 0.644. The van der Waals surface area contributed by atoms with E-state index in [4.69, 9.17) is 5.14 Å². The Hall–Kier alpha value is -0.350. The predicted octanol–water partition coefficient (Wildman–Crippen LogP) is 0.774. The van der Waals surface area contributed by atoms with Crippen LogP contribution >= 0.6 is 0 Å². The maximum absolute atomic E-state index is 11.0. The Labute approximate surface area is 67.3 Å². The van der Waals surface area contributed by atoms with Crippen LogP contribution in [0.15, 0.2) is 12.2 Å². The Kier molecular flexibility index (Phi) is 1.84. The normalized spacial score (nSPS) is 21.3. The van der Waals surface area contributed by atoms with Crippen molar-refractivity contribution >= 4 is 10.0 Å². The van der Waals surface area contributed by atoms with E-state index in [1.54, 1.807) is 0 Å². The van der Waals surface area contributed by atoms with Crippen LogP contribution in [0.5, 0.6) is 0 Å². The van der Waals surface area contributed by atoms with Crippen molar-refractivity contribution in [2.24, 2.45) is 5.14 Å². The second kappa shape index (κ2) is 2.32. The molecule has 1 saturated carbocycles. The summed E-state index contributed by atoms with van der Waals surface area (Å²) in [5.74, 6) is 0. The zero-order valence-electron chi connectivity index (χ0n) is 6.63. The molecule has 0 spiro atoms. The van der Waals surface area contributed by atoms with Gasteiger partial charge in [-0.2, -0.15) is 0 Å². The van der Waals surface area contributed by atoms with Crippen LogP contribution in [-0.4, -0.2) is 13.2 Å². The fourth-order valence-electron chi connectivity index (χ4n) is 1.25. The lowest BCUT2D eigenvalue weighted by molar-refractivity contribution is 0.576. The first kappa shape index (κ1) is 8.74. The van der Waals surface area contributed by atoms with E-state index in [1.165, 1.54) is 0 Å². The van der Waals surface area contributed by atoms with Gasteiger partial charge in [-0.15, -0.1) is 6.58 Å². The third kappa shape index (κ3) is 1.62. The van der Waals surface area contributed by atoms with Crippen LogP contribution in [0.4, 0.5) is 0 Å². The summed E-state index contributed by atoms with van der Waals surface area (Å²) in [6.45, 7) is 5.50. The van der Waals surface area contributed by atoms with Gasteiger partial charge in [0.25, 0.3) is 0 Å². The summed E-state index contributed by atoms with van der Waals surface area (Å²) in [4.78, 5) is 0. The van der Waals surface area contributed by atoms with E-state index in [1.807, 2.05) is 6.92 Å². The molecule has 0 aromatic carbocycles. The summed E-state index contributed by atoms with van der Waals surface area (Å²) in [6, 6.07) is 0. The fourth-order valence-corrected chi connectivity index (χ4v) is 2.37. The van der Waals surface area contributed by atoms with E-state index in [2.05, 4.69) is 6.58 Å². The van der Waals surface area contributed by atoms with Gasteiger partial charge in [0.1, 0.15) is 0 Å². The molecule has 3 nitrogen and oxygen atoms in total. The predicted molar refractivity (Wildman–Crippen MR) is 44.5 cm³/mol. The molecule has 0 saturated heterocycles. The molecule has 1 aliphatic rings. The van der Waals surface area contributed by atoms with Crippen molar-refractivity contribution < 1.29 is 8.42 Å². The Morgan fingerprint density at radius 2 is 2.09 bits per heavy atom. The Morgan fingerprint density at radius 1 is 1.64 bits per heavy atom. The van der Waals surface area contributed by atoms with Crippen molar-refractivity contribution in [1.82, 2.24) is 0 Å². The van der Waals surface area contributed by atoms with Crippen LogP contribution < -0.4 is 5.14 Å². The minimum Gasteiger partial charge on any atom is -0.228 e. The summed E-state index contributed by atoms with van der Waals surface area (Å²) in [5, 5.41) is 5.06. The molecular formula is C7H13NO2S. The molecule has 0 unspecified atom stereocenters. The van der Waals surface area contributed by atoms with Gasteiger partial charge in [-0.25, -0.2) is 13.6 Å². The smallest absolute Gasteiger partial charge is 0.215 e. The molecule has 0 aliphatic heterocycles. The van der Waals surface area contributed by atoms with Gasteiger partial charge < -0.3 is 0 Å². The van der Waals surface area contributed by atoms with Gasteiger partial charge in [0.2, 0.25) is 10.0 Å². The molecular weight excluding hydrogens is 162 g/mol. The van der Waals surface area contributed by atoms with E-state index in [0.29, 0.717) is 19.3 Å². The molecule has 0 radical (unpaired) electrons. The van der Waals surface area contributed by atoms with Gasteiger partial charge in [0, 0.05) is 0 Å². The summed E-state index contributed by atoms with van der Waals surface area (Å²) in [6.07, 6.45) is 1.91. The van der Waals surface area contributed by atoms with Gasteiger partial charge in [-0.05, 0) is 26.2 Å². The first-order chi connectivity index (χ1) is 4.87. The average molecular weight is 175 g/mol. The molecule has 1 aliphatic carbocycles. The summed E-state index contributed by atoms with van der Waals surface area (Å²) in [7, 11) is -3.35. The number of primary sulfonamides is 1. The Morgan fingerprint density at radius 3 is 2.18 bits per heavy atom. The standard InChI is InChI=1S/C7H13NO2S/c1-6(2)5-7(3-4-7)11(8,9)10/h1,3-5H2,2H3,(H2,8,9,10). The highest BCUT2D eigenvalue weighted by Crippen LogP contribution is 2.46. The molecule has 0 heterocycles. The van der Waals surface area contributed by atoms with Crippen molar-refractivity contribution in [3.63, 3.8) is 0 Å². The zero-order chi connectivity index (χ0) is 8.70. The number of sulfonamides is 1. The molecule has 0 aromatic heterocycles. The van der Waals surface area contributed by atoms with Crippen LogP contribution in [0, 0.1) is 0 Å². The van der Waals surface area contributed by atoms with E-state index in [0.717, 1.165) is 5.57 Å². The maximum atomic E-state index is 11.0. The SMILES string of the molecule is C=C(C)CC1(S(N)(=O)=O)CC1. The molecule has 0 amide bonds. The third-order valence-electron chi connectivity index (χ3n) is 2.04. The highest BCUT2D eigenvalue weighted by Gasteiger charge is 2.52. The molecule has 4 heteroatoms. The van der Waals surface area contributed by atoms with E-state index in [9.17, 15) is 8.42 Å². The monoisotopic (exact) mass is 175 g/mol. The van der Waals surface area contributed by atoms with Gasteiger partial charge >= 0.3 is 0 Å². The lowest BCUT2D eigenvalue weighted by Crippen LogP contribution is -2.30. The first-order valence-electron chi connectivity index (χ1n) is 3.54. The summed E-state index contributed by atoms with van der Waals surface area (Å²) >= 11 is 0. The molecule has 0 aromatic rings. The van der Waals surface area contributed by atoms with Crippen LogP contribution in [0.25, 0.3) is 0 Å². The molecule has 64 valence electrons. The largest absolute Gasteiger partial charge is 0.228 e. The first-order valence-corrected chi connectivity index (χ1v) is 5.09. The number of hydrogen-bond acceptors (Lipinski definition) is 2. The lowest BCUT2D eigenvalue weighted by Gasteiger charge is -2.11. The van der Waals surface area contributed by atoms with Crippen molar-refractivity contribution in [1.29, 1.82) is 0 Å². The highest BCUT2D eigenvalue weighted by atomic mass is 32.2. The molecule has 0 bridgehead atoms. The molecule has 0 atom stereocenters. The number of allylic oxidation sites excluding steroid dienone is 1. The molecule has 1 rings (SSSR count). The summed E-state index contributed by atoms with van der Waals surface area (Å²) < 4.78 is 21.3. The van der Waals surface area contributed by atoms with Gasteiger partial charge in [-0.3, -0.25) is 0 Å². The molecule has 2 N–H and O–H groups in total. The topological polar surface area (TPSA) is 60.2 Å². The van der Waals surface area contributed by atoms with Crippen molar-refractivity contribution in [2.75, 3.05) is 0 Å². The van der Waals surface area contributed by atoms with Crippen molar-refractivity contribution in [2.45, 2.75) is 30.9 Å². The van der Waals surface area contributed by atoms with Crippen LogP contribution in [0.1, 0.15) is 26.2 Å². The summed E-state index contributed by atoms with van der Waals surface area (Å²) in [5.41, 5.74) is 0.886. The molecule has 11 heavy (non-hydrogen) atoms. The number of nitrogens with two attached hydrogens (primary N) is 1. The van der Waals surface area contributed by atoms with Crippen molar-refractivity contribution in [3.8, 4) is 0 Å². The zero-order valence-corrected chi connectivity index (χ0v) is 7.45. The lowest BCUT2D eigenvalue weighted by atomic mass is 10.2. The van der Waals surface area contributed by atoms with E-state index < -0.39 is 14.8 Å².